The smallest absolute Gasteiger partial charge is 0.225 e. The van der Waals surface area contributed by atoms with Crippen LogP contribution in [0.2, 0.25) is 0 Å². The van der Waals surface area contributed by atoms with Gasteiger partial charge >= 0.3 is 0 Å². The standard InChI is InChI=1S/C14H16BrN5/c15-12-9-17-14(18-10-12)20-7-5-19(6-8-20)11-13-3-1-2-4-16-13/h1-4,9-10H,5-8,11H2. The molecule has 0 aromatic carbocycles. The van der Waals surface area contributed by atoms with Crippen molar-refractivity contribution in [3.63, 3.8) is 0 Å². The lowest BCUT2D eigenvalue weighted by molar-refractivity contribution is 0.246. The summed E-state index contributed by atoms with van der Waals surface area (Å²) in [6, 6.07) is 6.06. The summed E-state index contributed by atoms with van der Waals surface area (Å²) >= 11 is 3.36. The Kier molecular flexibility index (Phi) is 4.22. The van der Waals surface area contributed by atoms with Crippen LogP contribution in [0.25, 0.3) is 0 Å². The first kappa shape index (κ1) is 13.5. The zero-order valence-electron chi connectivity index (χ0n) is 11.1. The second-order valence-corrected chi connectivity index (χ2v) is 5.70. The van der Waals surface area contributed by atoms with E-state index in [4.69, 9.17) is 0 Å². The lowest BCUT2D eigenvalue weighted by Crippen LogP contribution is -2.46. The molecule has 3 rings (SSSR count). The molecule has 0 N–H and O–H groups in total. The Bertz CT molecular complexity index is 537. The minimum atomic E-state index is 0.811. The molecule has 2 aromatic rings. The van der Waals surface area contributed by atoms with E-state index in [1.165, 1.54) is 0 Å². The first-order chi connectivity index (χ1) is 9.81. The SMILES string of the molecule is Brc1cnc(N2CCN(Cc3ccccn3)CC2)nc1. The largest absolute Gasteiger partial charge is 0.338 e. The monoisotopic (exact) mass is 333 g/mol. The molecule has 0 spiro atoms. The summed E-state index contributed by atoms with van der Waals surface area (Å²) in [4.78, 5) is 17.7. The maximum atomic E-state index is 4.37. The summed E-state index contributed by atoms with van der Waals surface area (Å²) < 4.78 is 0.912. The summed E-state index contributed by atoms with van der Waals surface area (Å²) in [7, 11) is 0. The van der Waals surface area contributed by atoms with E-state index < -0.39 is 0 Å². The highest BCUT2D eigenvalue weighted by Gasteiger charge is 2.19. The minimum Gasteiger partial charge on any atom is -0.338 e. The second-order valence-electron chi connectivity index (χ2n) is 4.79. The van der Waals surface area contributed by atoms with Crippen LogP contribution in [0.4, 0.5) is 5.95 Å². The van der Waals surface area contributed by atoms with Gasteiger partial charge in [0, 0.05) is 51.3 Å². The quantitative estimate of drug-likeness (QED) is 0.859. The van der Waals surface area contributed by atoms with Crippen LogP contribution < -0.4 is 4.90 Å². The molecule has 1 saturated heterocycles. The fourth-order valence-electron chi connectivity index (χ4n) is 2.30. The first-order valence-electron chi connectivity index (χ1n) is 6.66. The van der Waals surface area contributed by atoms with E-state index in [2.05, 4.69) is 46.7 Å². The molecular weight excluding hydrogens is 318 g/mol. The van der Waals surface area contributed by atoms with Crippen LogP contribution in [0, 0.1) is 0 Å². The summed E-state index contributed by atoms with van der Waals surface area (Å²) in [6.45, 7) is 4.84. The molecule has 0 amide bonds. The Morgan fingerprint density at radius 2 is 1.75 bits per heavy atom. The van der Waals surface area contributed by atoms with Gasteiger partial charge in [0.05, 0.1) is 10.2 Å². The van der Waals surface area contributed by atoms with Crippen molar-refractivity contribution in [3.8, 4) is 0 Å². The molecule has 1 aliphatic heterocycles. The van der Waals surface area contributed by atoms with Crippen LogP contribution in [-0.2, 0) is 6.54 Å². The molecule has 104 valence electrons. The molecule has 6 heteroatoms. The molecule has 0 atom stereocenters. The van der Waals surface area contributed by atoms with Crippen molar-refractivity contribution in [1.82, 2.24) is 19.9 Å². The highest BCUT2D eigenvalue weighted by Crippen LogP contribution is 2.14. The number of aromatic nitrogens is 3. The fourth-order valence-corrected chi connectivity index (χ4v) is 2.50. The van der Waals surface area contributed by atoms with Gasteiger partial charge in [0.15, 0.2) is 0 Å². The molecule has 1 aliphatic rings. The van der Waals surface area contributed by atoms with Crippen molar-refractivity contribution in [3.05, 3.63) is 47.0 Å². The predicted molar refractivity (Wildman–Crippen MR) is 81.5 cm³/mol. The third kappa shape index (κ3) is 3.32. The van der Waals surface area contributed by atoms with E-state index in [0.717, 1.165) is 48.8 Å². The number of pyridine rings is 1. The Morgan fingerprint density at radius 3 is 2.40 bits per heavy atom. The molecule has 2 aromatic heterocycles. The average Bonchev–Trinajstić information content (AvgIpc) is 2.50. The third-order valence-corrected chi connectivity index (χ3v) is 3.78. The number of rotatable bonds is 3. The number of hydrogen-bond donors (Lipinski definition) is 0. The summed E-state index contributed by atoms with van der Waals surface area (Å²) in [6.07, 6.45) is 5.44. The van der Waals surface area contributed by atoms with Crippen LogP contribution >= 0.6 is 15.9 Å². The van der Waals surface area contributed by atoms with Gasteiger partial charge in [-0.1, -0.05) is 6.07 Å². The van der Waals surface area contributed by atoms with Gasteiger partial charge in [-0.05, 0) is 28.1 Å². The Balaban J connectivity index is 1.55. The maximum absolute atomic E-state index is 4.37. The third-order valence-electron chi connectivity index (χ3n) is 3.37. The highest BCUT2D eigenvalue weighted by molar-refractivity contribution is 9.10. The van der Waals surface area contributed by atoms with Crippen molar-refractivity contribution in [1.29, 1.82) is 0 Å². The van der Waals surface area contributed by atoms with Crippen molar-refractivity contribution >= 4 is 21.9 Å². The number of hydrogen-bond acceptors (Lipinski definition) is 5. The molecule has 1 fully saturated rings. The Hall–Kier alpha value is -1.53. The summed E-state index contributed by atoms with van der Waals surface area (Å²) in [5.41, 5.74) is 1.13. The predicted octanol–water partition coefficient (Wildman–Crippen LogP) is 1.96. The number of halogens is 1. The van der Waals surface area contributed by atoms with E-state index in [1.807, 2.05) is 18.3 Å². The highest BCUT2D eigenvalue weighted by atomic mass is 79.9. The minimum absolute atomic E-state index is 0.811. The van der Waals surface area contributed by atoms with Gasteiger partial charge in [-0.2, -0.15) is 0 Å². The summed E-state index contributed by atoms with van der Waals surface area (Å²) in [5, 5.41) is 0. The van der Waals surface area contributed by atoms with E-state index >= 15 is 0 Å². The molecular formula is C14H16BrN5. The number of piperazine rings is 1. The van der Waals surface area contributed by atoms with Gasteiger partial charge < -0.3 is 4.90 Å². The number of anilines is 1. The molecule has 0 saturated carbocycles. The van der Waals surface area contributed by atoms with Crippen LogP contribution in [0.1, 0.15) is 5.69 Å². The molecule has 0 bridgehead atoms. The van der Waals surface area contributed by atoms with Crippen LogP contribution in [-0.4, -0.2) is 46.0 Å². The van der Waals surface area contributed by atoms with Gasteiger partial charge in [0.1, 0.15) is 0 Å². The van der Waals surface area contributed by atoms with Crippen LogP contribution in [0.5, 0.6) is 0 Å². The topological polar surface area (TPSA) is 45.2 Å². The Morgan fingerprint density at radius 1 is 1.00 bits per heavy atom. The van der Waals surface area contributed by atoms with Crippen LogP contribution in [0.15, 0.2) is 41.3 Å². The lowest BCUT2D eigenvalue weighted by Gasteiger charge is -2.34. The number of nitrogens with zero attached hydrogens (tertiary/aromatic N) is 5. The molecule has 20 heavy (non-hydrogen) atoms. The van der Waals surface area contributed by atoms with Gasteiger partial charge in [0.2, 0.25) is 5.95 Å². The maximum Gasteiger partial charge on any atom is 0.225 e. The zero-order chi connectivity index (χ0) is 13.8. The molecule has 0 radical (unpaired) electrons. The van der Waals surface area contributed by atoms with E-state index in [1.54, 1.807) is 12.4 Å². The van der Waals surface area contributed by atoms with E-state index in [9.17, 15) is 0 Å². The summed E-state index contributed by atoms with van der Waals surface area (Å²) in [5.74, 6) is 0.811. The van der Waals surface area contributed by atoms with Gasteiger partial charge in [-0.25, -0.2) is 9.97 Å². The zero-order valence-corrected chi connectivity index (χ0v) is 12.7. The average molecular weight is 334 g/mol. The van der Waals surface area contributed by atoms with Crippen molar-refractivity contribution in [2.45, 2.75) is 6.54 Å². The molecule has 0 aliphatic carbocycles. The molecule has 5 nitrogen and oxygen atoms in total. The first-order valence-corrected chi connectivity index (χ1v) is 7.45. The second kappa shape index (κ2) is 6.28. The van der Waals surface area contributed by atoms with E-state index in [0.29, 0.717) is 0 Å². The lowest BCUT2D eigenvalue weighted by atomic mass is 10.3. The van der Waals surface area contributed by atoms with Crippen molar-refractivity contribution in [2.24, 2.45) is 0 Å². The van der Waals surface area contributed by atoms with Gasteiger partial charge in [-0.3, -0.25) is 9.88 Å². The van der Waals surface area contributed by atoms with Crippen molar-refractivity contribution in [2.75, 3.05) is 31.1 Å². The van der Waals surface area contributed by atoms with Crippen LogP contribution in [0.3, 0.4) is 0 Å². The normalized spacial score (nSPS) is 16.4. The molecule has 3 heterocycles. The fraction of sp³-hybridized carbons (Fsp3) is 0.357. The Labute approximate surface area is 126 Å². The molecule has 0 unspecified atom stereocenters. The van der Waals surface area contributed by atoms with Gasteiger partial charge in [0.25, 0.3) is 0 Å². The van der Waals surface area contributed by atoms with Gasteiger partial charge in [-0.15, -0.1) is 0 Å². The van der Waals surface area contributed by atoms with E-state index in [-0.39, 0.29) is 0 Å². The van der Waals surface area contributed by atoms with Crippen molar-refractivity contribution < 1.29 is 0 Å².